The first kappa shape index (κ1) is 11.5. The zero-order valence-corrected chi connectivity index (χ0v) is 8.96. The van der Waals surface area contributed by atoms with Crippen LogP contribution < -0.4 is 5.32 Å². The molecule has 3 nitrogen and oxygen atoms in total. The zero-order chi connectivity index (χ0) is 10.4. The molecule has 1 aliphatic carbocycles. The van der Waals surface area contributed by atoms with Gasteiger partial charge in [0, 0.05) is 19.1 Å². The highest BCUT2D eigenvalue weighted by Crippen LogP contribution is 2.36. The topological polar surface area (TPSA) is 49.3 Å². The Morgan fingerprint density at radius 1 is 1.43 bits per heavy atom. The summed E-state index contributed by atoms with van der Waals surface area (Å²) in [7, 11) is 0. The van der Waals surface area contributed by atoms with Crippen molar-refractivity contribution < 1.29 is 9.90 Å². The van der Waals surface area contributed by atoms with E-state index in [0.717, 1.165) is 25.8 Å². The molecule has 0 aliphatic heterocycles. The Labute approximate surface area is 85.9 Å². The predicted octanol–water partition coefficient (Wildman–Crippen LogP) is 1.31. The summed E-state index contributed by atoms with van der Waals surface area (Å²) in [4.78, 5) is 11.5. The molecule has 82 valence electrons. The monoisotopic (exact) mass is 199 g/mol. The van der Waals surface area contributed by atoms with Gasteiger partial charge in [0.2, 0.25) is 5.91 Å². The molecule has 3 heteroatoms. The van der Waals surface area contributed by atoms with Gasteiger partial charge in [-0.05, 0) is 38.0 Å². The summed E-state index contributed by atoms with van der Waals surface area (Å²) in [6.45, 7) is 3.03. The molecule has 1 atom stereocenters. The number of aliphatic hydroxyl groups excluding tert-OH is 1. The van der Waals surface area contributed by atoms with Crippen LogP contribution in [0, 0.1) is 11.8 Å². The van der Waals surface area contributed by atoms with Gasteiger partial charge < -0.3 is 10.4 Å². The molecule has 0 bridgehead atoms. The largest absolute Gasteiger partial charge is 0.396 e. The molecular weight excluding hydrogens is 178 g/mol. The second-order valence-electron chi connectivity index (χ2n) is 4.20. The van der Waals surface area contributed by atoms with E-state index < -0.39 is 0 Å². The Bertz CT molecular complexity index is 178. The van der Waals surface area contributed by atoms with Gasteiger partial charge in [0.1, 0.15) is 0 Å². The number of aliphatic hydroxyl groups is 1. The summed E-state index contributed by atoms with van der Waals surface area (Å²) >= 11 is 0. The zero-order valence-electron chi connectivity index (χ0n) is 8.96. The molecule has 0 heterocycles. The lowest BCUT2D eigenvalue weighted by Crippen LogP contribution is -2.30. The van der Waals surface area contributed by atoms with E-state index in [1.165, 1.54) is 12.8 Å². The molecule has 0 aromatic rings. The number of carbonyl (C=O) groups is 1. The maximum absolute atomic E-state index is 11.5. The molecule has 1 aliphatic rings. The fourth-order valence-corrected chi connectivity index (χ4v) is 1.60. The van der Waals surface area contributed by atoms with E-state index >= 15 is 0 Å². The number of unbranched alkanes of at least 4 members (excludes halogenated alkanes) is 2. The van der Waals surface area contributed by atoms with Crippen molar-refractivity contribution in [2.75, 3.05) is 13.2 Å². The van der Waals surface area contributed by atoms with E-state index in [0.29, 0.717) is 5.92 Å². The van der Waals surface area contributed by atoms with Crippen LogP contribution in [0.4, 0.5) is 0 Å². The molecule has 1 saturated carbocycles. The molecule has 1 unspecified atom stereocenters. The summed E-state index contributed by atoms with van der Waals surface area (Å²) in [6, 6.07) is 0. The lowest BCUT2D eigenvalue weighted by molar-refractivity contribution is -0.125. The highest BCUT2D eigenvalue weighted by molar-refractivity contribution is 5.78. The smallest absolute Gasteiger partial charge is 0.223 e. The van der Waals surface area contributed by atoms with Gasteiger partial charge in [0.05, 0.1) is 0 Å². The minimum Gasteiger partial charge on any atom is -0.396 e. The minimum atomic E-state index is 0.202. The highest BCUT2D eigenvalue weighted by atomic mass is 16.2. The molecule has 1 rings (SSSR count). The van der Waals surface area contributed by atoms with Crippen molar-refractivity contribution in [3.05, 3.63) is 0 Å². The van der Waals surface area contributed by atoms with Gasteiger partial charge in [-0.25, -0.2) is 0 Å². The van der Waals surface area contributed by atoms with Gasteiger partial charge in [-0.3, -0.25) is 4.79 Å². The van der Waals surface area contributed by atoms with Gasteiger partial charge in [-0.2, -0.15) is 0 Å². The van der Waals surface area contributed by atoms with Crippen molar-refractivity contribution in [1.29, 1.82) is 0 Å². The Balaban J connectivity index is 1.97. The first-order valence-electron chi connectivity index (χ1n) is 5.64. The summed E-state index contributed by atoms with van der Waals surface area (Å²) < 4.78 is 0. The number of hydrogen-bond acceptors (Lipinski definition) is 2. The van der Waals surface area contributed by atoms with Crippen molar-refractivity contribution in [2.24, 2.45) is 11.8 Å². The van der Waals surface area contributed by atoms with Crippen molar-refractivity contribution in [3.8, 4) is 0 Å². The third kappa shape index (κ3) is 4.09. The van der Waals surface area contributed by atoms with Crippen LogP contribution in [-0.4, -0.2) is 24.2 Å². The minimum absolute atomic E-state index is 0.202. The highest BCUT2D eigenvalue weighted by Gasteiger charge is 2.32. The second-order valence-corrected chi connectivity index (χ2v) is 4.20. The van der Waals surface area contributed by atoms with Gasteiger partial charge >= 0.3 is 0 Å². The number of rotatable bonds is 7. The van der Waals surface area contributed by atoms with Crippen molar-refractivity contribution in [2.45, 2.75) is 39.0 Å². The fourth-order valence-electron chi connectivity index (χ4n) is 1.60. The molecule has 1 fully saturated rings. The average molecular weight is 199 g/mol. The van der Waals surface area contributed by atoms with Gasteiger partial charge in [0.15, 0.2) is 0 Å². The van der Waals surface area contributed by atoms with Crippen LogP contribution in [0.15, 0.2) is 0 Å². The maximum atomic E-state index is 11.5. The second kappa shape index (κ2) is 6.02. The Hall–Kier alpha value is -0.570. The van der Waals surface area contributed by atoms with Gasteiger partial charge in [-0.15, -0.1) is 0 Å². The number of nitrogens with one attached hydrogen (secondary N) is 1. The Morgan fingerprint density at radius 2 is 2.14 bits per heavy atom. The summed E-state index contributed by atoms with van der Waals surface area (Å²) in [6.07, 6.45) is 5.25. The molecule has 0 aromatic heterocycles. The summed E-state index contributed by atoms with van der Waals surface area (Å²) in [5.74, 6) is 1.05. The predicted molar refractivity (Wildman–Crippen MR) is 55.8 cm³/mol. The maximum Gasteiger partial charge on any atom is 0.223 e. The Morgan fingerprint density at radius 3 is 2.71 bits per heavy atom. The van der Waals surface area contributed by atoms with Crippen LogP contribution >= 0.6 is 0 Å². The van der Waals surface area contributed by atoms with Crippen molar-refractivity contribution in [1.82, 2.24) is 5.32 Å². The lowest BCUT2D eigenvalue weighted by atomic mass is 10.1. The van der Waals surface area contributed by atoms with Crippen molar-refractivity contribution in [3.63, 3.8) is 0 Å². The van der Waals surface area contributed by atoms with E-state index in [1.54, 1.807) is 0 Å². The van der Waals surface area contributed by atoms with Crippen LogP contribution in [0.2, 0.25) is 0 Å². The van der Waals surface area contributed by atoms with E-state index in [2.05, 4.69) is 5.32 Å². The van der Waals surface area contributed by atoms with E-state index in [1.807, 2.05) is 6.92 Å². The van der Waals surface area contributed by atoms with Crippen LogP contribution in [0.3, 0.4) is 0 Å². The number of carbonyl (C=O) groups excluding carboxylic acids is 1. The molecule has 1 amide bonds. The first-order chi connectivity index (χ1) is 6.75. The molecule has 0 radical (unpaired) electrons. The van der Waals surface area contributed by atoms with Crippen LogP contribution in [0.5, 0.6) is 0 Å². The average Bonchev–Trinajstić information content (AvgIpc) is 2.99. The molecular formula is C11H21NO2. The van der Waals surface area contributed by atoms with Crippen molar-refractivity contribution >= 4 is 5.91 Å². The van der Waals surface area contributed by atoms with Gasteiger partial charge in [0.25, 0.3) is 0 Å². The SMILES string of the molecule is CC(C(=O)NCCCCCO)C1CC1. The summed E-state index contributed by atoms with van der Waals surface area (Å²) in [5, 5.41) is 11.5. The standard InChI is InChI=1S/C11H21NO2/c1-9(10-5-6-10)11(14)12-7-3-2-4-8-13/h9-10,13H,2-8H2,1H3,(H,12,14). The Kier molecular flexibility index (Phi) is 4.94. The molecule has 0 aromatic carbocycles. The van der Waals surface area contributed by atoms with Crippen LogP contribution in [0.1, 0.15) is 39.0 Å². The fraction of sp³-hybridized carbons (Fsp3) is 0.909. The van der Waals surface area contributed by atoms with Gasteiger partial charge in [-0.1, -0.05) is 6.92 Å². The molecule has 0 spiro atoms. The molecule has 0 saturated heterocycles. The first-order valence-corrected chi connectivity index (χ1v) is 5.64. The summed E-state index contributed by atoms with van der Waals surface area (Å²) in [5.41, 5.74) is 0. The van der Waals surface area contributed by atoms with E-state index in [-0.39, 0.29) is 18.4 Å². The number of hydrogen-bond donors (Lipinski definition) is 2. The normalized spacial score (nSPS) is 17.9. The van der Waals surface area contributed by atoms with Crippen LogP contribution in [0.25, 0.3) is 0 Å². The third-order valence-electron chi connectivity index (χ3n) is 2.88. The lowest BCUT2D eigenvalue weighted by Gasteiger charge is -2.10. The number of amides is 1. The third-order valence-corrected chi connectivity index (χ3v) is 2.88. The molecule has 2 N–H and O–H groups in total. The quantitative estimate of drug-likeness (QED) is 0.607. The van der Waals surface area contributed by atoms with E-state index in [4.69, 9.17) is 5.11 Å². The van der Waals surface area contributed by atoms with Crippen LogP contribution in [-0.2, 0) is 4.79 Å². The molecule has 14 heavy (non-hydrogen) atoms. The van der Waals surface area contributed by atoms with E-state index in [9.17, 15) is 4.79 Å².